The van der Waals surface area contributed by atoms with E-state index in [9.17, 15) is 9.18 Å². The summed E-state index contributed by atoms with van der Waals surface area (Å²) in [5.74, 6) is -0.867. The predicted octanol–water partition coefficient (Wildman–Crippen LogP) is 1.95. The molecule has 0 atom stereocenters. The van der Waals surface area contributed by atoms with Crippen molar-refractivity contribution in [3.8, 4) is 0 Å². The van der Waals surface area contributed by atoms with Crippen LogP contribution in [0, 0.1) is 5.82 Å². The quantitative estimate of drug-likeness (QED) is 0.854. The van der Waals surface area contributed by atoms with Crippen LogP contribution in [0.2, 0.25) is 5.02 Å². The molecule has 16 heavy (non-hydrogen) atoms. The van der Waals surface area contributed by atoms with Crippen LogP contribution in [0.4, 0.5) is 4.39 Å². The number of benzene rings is 1. The lowest BCUT2D eigenvalue weighted by atomic mass is 10.1. The van der Waals surface area contributed by atoms with Gasteiger partial charge in [-0.15, -0.1) is 0 Å². The number of amides is 1. The third kappa shape index (κ3) is 3.18. The molecule has 0 spiro atoms. The van der Waals surface area contributed by atoms with Crippen molar-refractivity contribution in [2.75, 3.05) is 6.54 Å². The maximum absolute atomic E-state index is 12.9. The van der Waals surface area contributed by atoms with Gasteiger partial charge in [-0.25, -0.2) is 4.39 Å². The second kappa shape index (κ2) is 4.80. The maximum atomic E-state index is 12.9. The van der Waals surface area contributed by atoms with E-state index in [1.54, 1.807) is 13.8 Å². The fourth-order valence-electron chi connectivity index (χ4n) is 1.07. The second-order valence-electron chi connectivity index (χ2n) is 4.17. The average Bonchev–Trinajstić information content (AvgIpc) is 2.21. The number of hydrogen-bond donors (Lipinski definition) is 2. The first-order valence-electron chi connectivity index (χ1n) is 4.83. The monoisotopic (exact) mass is 244 g/mol. The van der Waals surface area contributed by atoms with Gasteiger partial charge in [-0.2, -0.15) is 0 Å². The van der Waals surface area contributed by atoms with Gasteiger partial charge in [0.2, 0.25) is 0 Å². The molecule has 1 aromatic rings. The van der Waals surface area contributed by atoms with Crippen LogP contribution in [-0.4, -0.2) is 18.0 Å². The van der Waals surface area contributed by atoms with E-state index in [-0.39, 0.29) is 10.9 Å². The summed E-state index contributed by atoms with van der Waals surface area (Å²) in [5, 5.41) is 2.65. The number of carbonyl (C=O) groups is 1. The zero-order valence-electron chi connectivity index (χ0n) is 9.18. The third-order valence-electron chi connectivity index (χ3n) is 2.14. The Morgan fingerprint density at radius 1 is 1.56 bits per heavy atom. The topological polar surface area (TPSA) is 55.1 Å². The van der Waals surface area contributed by atoms with Gasteiger partial charge in [0.05, 0.1) is 5.02 Å². The zero-order valence-corrected chi connectivity index (χ0v) is 9.94. The summed E-state index contributed by atoms with van der Waals surface area (Å²) in [6, 6.07) is 3.83. The lowest BCUT2D eigenvalue weighted by Gasteiger charge is -2.24. The Balaban J connectivity index is 2.85. The molecule has 0 heterocycles. The van der Waals surface area contributed by atoms with Gasteiger partial charge in [0, 0.05) is 17.6 Å². The first-order chi connectivity index (χ1) is 7.35. The number of rotatable bonds is 3. The van der Waals surface area contributed by atoms with Crippen LogP contribution in [0.3, 0.4) is 0 Å². The molecule has 0 fully saturated rings. The molecule has 0 unspecified atom stereocenters. The maximum Gasteiger partial charge on any atom is 0.251 e. The Hall–Kier alpha value is -1.13. The predicted molar refractivity (Wildman–Crippen MR) is 62.0 cm³/mol. The highest BCUT2D eigenvalue weighted by atomic mass is 35.5. The van der Waals surface area contributed by atoms with Crippen molar-refractivity contribution in [3.05, 3.63) is 34.6 Å². The van der Waals surface area contributed by atoms with Crippen molar-refractivity contribution in [2.45, 2.75) is 19.4 Å². The summed E-state index contributed by atoms with van der Waals surface area (Å²) in [7, 11) is 0. The lowest BCUT2D eigenvalue weighted by molar-refractivity contribution is 0.0915. The molecule has 0 saturated heterocycles. The van der Waals surface area contributed by atoms with Crippen molar-refractivity contribution in [2.24, 2.45) is 5.73 Å². The first kappa shape index (κ1) is 12.9. The summed E-state index contributed by atoms with van der Waals surface area (Å²) in [6.07, 6.45) is 0. The molecular weight excluding hydrogens is 231 g/mol. The molecule has 0 bridgehead atoms. The van der Waals surface area contributed by atoms with Gasteiger partial charge in [0.25, 0.3) is 5.91 Å². The molecule has 0 aliphatic carbocycles. The van der Waals surface area contributed by atoms with E-state index in [1.165, 1.54) is 12.1 Å². The minimum Gasteiger partial charge on any atom is -0.346 e. The Kier molecular flexibility index (Phi) is 3.88. The Morgan fingerprint density at radius 3 is 2.69 bits per heavy atom. The van der Waals surface area contributed by atoms with Crippen molar-refractivity contribution in [3.63, 3.8) is 0 Å². The highest BCUT2D eigenvalue weighted by Crippen LogP contribution is 2.16. The zero-order chi connectivity index (χ0) is 12.3. The fourth-order valence-corrected chi connectivity index (χ4v) is 1.25. The molecule has 0 saturated carbocycles. The van der Waals surface area contributed by atoms with Gasteiger partial charge in [-0.05, 0) is 32.0 Å². The van der Waals surface area contributed by atoms with Crippen LogP contribution in [0.1, 0.15) is 24.2 Å². The summed E-state index contributed by atoms with van der Waals surface area (Å²) in [5.41, 5.74) is 5.30. The minimum absolute atomic E-state index is 0.0711. The van der Waals surface area contributed by atoms with E-state index in [1.807, 2.05) is 0 Å². The fraction of sp³-hybridized carbons (Fsp3) is 0.364. The number of nitrogens with one attached hydrogen (secondary N) is 1. The van der Waals surface area contributed by atoms with E-state index in [4.69, 9.17) is 17.3 Å². The SMILES string of the molecule is CC(C)(CN)NC(=O)c1ccc(F)c(Cl)c1. The highest BCUT2D eigenvalue weighted by molar-refractivity contribution is 6.31. The summed E-state index contributed by atoms with van der Waals surface area (Å²) < 4.78 is 12.9. The van der Waals surface area contributed by atoms with Crippen LogP contribution in [0.5, 0.6) is 0 Å². The van der Waals surface area contributed by atoms with E-state index < -0.39 is 11.4 Å². The first-order valence-corrected chi connectivity index (χ1v) is 5.21. The van der Waals surface area contributed by atoms with Gasteiger partial charge in [-0.1, -0.05) is 11.6 Å². The van der Waals surface area contributed by atoms with E-state index >= 15 is 0 Å². The summed E-state index contributed by atoms with van der Waals surface area (Å²) in [6.45, 7) is 3.92. The van der Waals surface area contributed by atoms with Crippen LogP contribution in [0.15, 0.2) is 18.2 Å². The lowest BCUT2D eigenvalue weighted by Crippen LogP contribution is -2.48. The molecule has 5 heteroatoms. The Bertz CT molecular complexity index is 407. The van der Waals surface area contributed by atoms with Crippen molar-refractivity contribution in [1.29, 1.82) is 0 Å². The molecule has 1 amide bonds. The van der Waals surface area contributed by atoms with Crippen LogP contribution < -0.4 is 11.1 Å². The average molecular weight is 245 g/mol. The Morgan fingerprint density at radius 2 is 2.19 bits per heavy atom. The van der Waals surface area contributed by atoms with Gasteiger partial charge in [0.1, 0.15) is 5.82 Å². The van der Waals surface area contributed by atoms with E-state index in [0.717, 1.165) is 6.07 Å². The molecule has 0 aromatic heterocycles. The van der Waals surface area contributed by atoms with Crippen LogP contribution in [-0.2, 0) is 0 Å². The molecule has 3 nitrogen and oxygen atoms in total. The van der Waals surface area contributed by atoms with Gasteiger partial charge >= 0.3 is 0 Å². The number of nitrogens with two attached hydrogens (primary N) is 1. The molecule has 0 aliphatic rings. The largest absolute Gasteiger partial charge is 0.346 e. The number of halogens is 2. The van der Waals surface area contributed by atoms with E-state index in [0.29, 0.717) is 12.1 Å². The van der Waals surface area contributed by atoms with Gasteiger partial charge < -0.3 is 11.1 Å². The van der Waals surface area contributed by atoms with Crippen molar-refractivity contribution in [1.82, 2.24) is 5.32 Å². The molecule has 0 radical (unpaired) electrons. The molecule has 3 N–H and O–H groups in total. The standard InChI is InChI=1S/C11H14ClFN2O/c1-11(2,6-14)15-10(16)7-3-4-9(13)8(12)5-7/h3-5H,6,14H2,1-2H3,(H,15,16). The van der Waals surface area contributed by atoms with Crippen LogP contribution in [0.25, 0.3) is 0 Å². The highest BCUT2D eigenvalue weighted by Gasteiger charge is 2.19. The summed E-state index contributed by atoms with van der Waals surface area (Å²) >= 11 is 5.58. The third-order valence-corrected chi connectivity index (χ3v) is 2.43. The van der Waals surface area contributed by atoms with Crippen molar-refractivity contribution >= 4 is 17.5 Å². The molecule has 1 aromatic carbocycles. The van der Waals surface area contributed by atoms with Gasteiger partial charge in [-0.3, -0.25) is 4.79 Å². The van der Waals surface area contributed by atoms with Gasteiger partial charge in [0.15, 0.2) is 0 Å². The molecule has 0 aliphatic heterocycles. The molecular formula is C11H14ClFN2O. The minimum atomic E-state index is -0.545. The van der Waals surface area contributed by atoms with Crippen molar-refractivity contribution < 1.29 is 9.18 Å². The molecule has 88 valence electrons. The number of carbonyl (C=O) groups excluding carboxylic acids is 1. The normalized spacial score (nSPS) is 11.3. The van der Waals surface area contributed by atoms with Crippen LogP contribution >= 0.6 is 11.6 Å². The number of hydrogen-bond acceptors (Lipinski definition) is 2. The second-order valence-corrected chi connectivity index (χ2v) is 4.58. The smallest absolute Gasteiger partial charge is 0.251 e. The molecule has 1 rings (SSSR count). The Labute approximate surface area is 98.8 Å². The summed E-state index contributed by atoms with van der Waals surface area (Å²) in [4.78, 5) is 11.7. The van der Waals surface area contributed by atoms with E-state index in [2.05, 4.69) is 5.32 Å².